The maximum Gasteiger partial charge on any atom is 0.0795 e. The van der Waals surface area contributed by atoms with Crippen LogP contribution in [-0.2, 0) is 0 Å². The molecule has 0 aromatic rings. The second-order valence-electron chi connectivity index (χ2n) is 19.8. The minimum Gasteiger partial charge on any atom is -0.411 e. The highest BCUT2D eigenvalue weighted by Gasteiger charge is 2.75. The monoisotopic (exact) mass is 658 g/mol. The van der Waals surface area contributed by atoms with Crippen LogP contribution in [0, 0.1) is 92.7 Å². The number of aliphatic hydroxyl groups excluding tert-OH is 2. The summed E-state index contributed by atoms with van der Waals surface area (Å²) in [7, 11) is 0. The lowest BCUT2D eigenvalue weighted by molar-refractivity contribution is -0.0733. The van der Waals surface area contributed by atoms with Gasteiger partial charge in [0.25, 0.3) is 0 Å². The van der Waals surface area contributed by atoms with Crippen molar-refractivity contribution in [3.05, 3.63) is 23.3 Å². The second-order valence-corrected chi connectivity index (χ2v) is 19.8. The highest BCUT2D eigenvalue weighted by atomic mass is 16.4. The molecular weight excluding hydrogens is 596 g/mol. The van der Waals surface area contributed by atoms with Gasteiger partial charge in [-0.3, -0.25) is 0 Å². The Morgan fingerprint density at radius 1 is 0.667 bits per heavy atom. The summed E-state index contributed by atoms with van der Waals surface area (Å²) in [5.74, 6) is 9.51. The van der Waals surface area contributed by atoms with Crippen molar-refractivity contribution in [3.8, 4) is 0 Å². The molecule has 0 heterocycles. The van der Waals surface area contributed by atoms with Crippen LogP contribution >= 0.6 is 0 Å². The number of hydrogen-bond acceptors (Lipinski definition) is 6. The number of aliphatic hydroxyl groups is 2. The summed E-state index contributed by atoms with van der Waals surface area (Å²) in [6, 6.07) is 0. The topological polar surface area (TPSA) is 106 Å². The van der Waals surface area contributed by atoms with Crippen LogP contribution in [0.25, 0.3) is 0 Å². The molecule has 10 rings (SSSR count). The number of rotatable bonds is 2. The number of nitrogens with zero attached hydrogens (tertiary/aromatic N) is 2. The van der Waals surface area contributed by atoms with E-state index >= 15 is 0 Å². The van der Waals surface area contributed by atoms with E-state index in [1.807, 2.05) is 0 Å². The lowest BCUT2D eigenvalue weighted by Crippen LogP contribution is -2.51. The van der Waals surface area contributed by atoms with Crippen LogP contribution in [0.3, 0.4) is 0 Å². The van der Waals surface area contributed by atoms with E-state index in [0.717, 1.165) is 95.3 Å². The molecule has 264 valence electrons. The Kier molecular flexibility index (Phi) is 7.34. The summed E-state index contributed by atoms with van der Waals surface area (Å²) in [6.45, 7) is 10.8. The number of fused-ring (bicyclic) bond motifs is 14. The molecule has 6 nitrogen and oxygen atoms in total. The first kappa shape index (κ1) is 32.3. The van der Waals surface area contributed by atoms with Gasteiger partial charge in [-0.25, -0.2) is 0 Å². The average molecular weight is 659 g/mol. The van der Waals surface area contributed by atoms with E-state index in [2.05, 4.69) is 50.2 Å². The van der Waals surface area contributed by atoms with Crippen LogP contribution in [0.15, 0.2) is 33.6 Å². The van der Waals surface area contributed by atoms with Crippen molar-refractivity contribution in [2.45, 2.75) is 118 Å². The molecule has 0 aliphatic heterocycles. The summed E-state index contributed by atoms with van der Waals surface area (Å²) in [6.07, 6.45) is 21.6. The summed E-state index contributed by atoms with van der Waals surface area (Å²) < 4.78 is 0. The number of oxime groups is 2. The molecule has 10 aliphatic rings. The largest absolute Gasteiger partial charge is 0.411 e. The molecule has 0 radical (unpaired) electrons. The Bertz CT molecular complexity index is 1350. The lowest BCUT2D eigenvalue weighted by Gasteiger charge is -2.57. The SMILES string of the molecule is C[C@@H]1CC2=C/C(=N/O)CC[C@@H]2[C@H]2CC[C@@]3(C)[C@H](C[C@@H]4C[C@@]43CO)[C@@H]21.C[C@@H]1CC2=C/C(=N\O)CC[C@@H]2[C@H]2CC[C@@]3(C)[C@H](C[C@@H]4C[C@@]43CO)[C@@H]21. The van der Waals surface area contributed by atoms with E-state index in [-0.39, 0.29) is 10.8 Å². The fraction of sp³-hybridized carbons (Fsp3) is 0.857. The van der Waals surface area contributed by atoms with Crippen LogP contribution in [0.5, 0.6) is 0 Å². The van der Waals surface area contributed by atoms with E-state index in [0.29, 0.717) is 24.0 Å². The molecule has 0 bridgehead atoms. The number of allylic oxidation sites excluding steroid dienone is 4. The Labute approximate surface area is 288 Å². The molecule has 0 saturated heterocycles. The maximum absolute atomic E-state index is 10.1. The fourth-order valence-electron chi connectivity index (χ4n) is 16.3. The van der Waals surface area contributed by atoms with E-state index in [4.69, 9.17) is 10.4 Å². The second kappa shape index (κ2) is 10.9. The highest BCUT2D eigenvalue weighted by molar-refractivity contribution is 5.96. The van der Waals surface area contributed by atoms with Crippen molar-refractivity contribution in [3.63, 3.8) is 0 Å². The Morgan fingerprint density at radius 2 is 1.08 bits per heavy atom. The van der Waals surface area contributed by atoms with Gasteiger partial charge in [0.2, 0.25) is 0 Å². The standard InChI is InChI=1S/2C21H31NO2/c2*1-12-7-13-8-15(22-24)3-4-16(13)17-5-6-20(2)18(19(12)17)9-14-10-21(14,20)11-23/h2*8,12,14,16-19,23-24H,3-7,9-11H2,1-2H3/b22-15+;22-15-/t2*12-,14-,16+,17-,18-,19-,20+,21-/m11/s1. The minimum atomic E-state index is 0.280. The van der Waals surface area contributed by atoms with Crippen LogP contribution in [-0.4, -0.2) is 45.3 Å². The zero-order valence-electron chi connectivity index (χ0n) is 30.1. The molecule has 8 saturated carbocycles. The molecule has 10 aliphatic carbocycles. The van der Waals surface area contributed by atoms with Gasteiger partial charge in [0.1, 0.15) is 0 Å². The first-order valence-corrected chi connectivity index (χ1v) is 20.1. The van der Waals surface area contributed by atoms with Crippen LogP contribution in [0.2, 0.25) is 0 Å². The summed E-state index contributed by atoms with van der Waals surface area (Å²) in [5, 5.41) is 45.5. The van der Waals surface area contributed by atoms with Gasteiger partial charge in [-0.15, -0.1) is 0 Å². The molecule has 48 heavy (non-hydrogen) atoms. The average Bonchev–Trinajstić information content (AvgIpc) is 3.97. The van der Waals surface area contributed by atoms with E-state index in [9.17, 15) is 10.2 Å². The predicted octanol–water partition coefficient (Wildman–Crippen LogP) is 8.49. The van der Waals surface area contributed by atoms with Gasteiger partial charge in [-0.1, -0.05) is 49.2 Å². The third kappa shape index (κ3) is 4.11. The van der Waals surface area contributed by atoms with Gasteiger partial charge < -0.3 is 20.6 Å². The molecule has 0 aromatic carbocycles. The molecule has 4 N–H and O–H groups in total. The summed E-state index contributed by atoms with van der Waals surface area (Å²) in [5.41, 5.74) is 6.22. The third-order valence-electron chi connectivity index (χ3n) is 18.7. The van der Waals surface area contributed by atoms with Crippen molar-refractivity contribution in [2.75, 3.05) is 13.2 Å². The van der Waals surface area contributed by atoms with Crippen molar-refractivity contribution in [2.24, 2.45) is 103 Å². The van der Waals surface area contributed by atoms with Crippen molar-refractivity contribution < 1.29 is 20.6 Å². The van der Waals surface area contributed by atoms with Crippen molar-refractivity contribution >= 4 is 11.4 Å². The molecule has 16 atom stereocenters. The lowest BCUT2D eigenvalue weighted by atomic mass is 9.47. The van der Waals surface area contributed by atoms with Gasteiger partial charge >= 0.3 is 0 Å². The van der Waals surface area contributed by atoms with Gasteiger partial charge in [0.15, 0.2) is 0 Å². The zero-order valence-corrected chi connectivity index (χ0v) is 30.1. The van der Waals surface area contributed by atoms with Crippen LogP contribution in [0.4, 0.5) is 0 Å². The molecule has 0 spiro atoms. The molecule has 6 heteroatoms. The Hall–Kier alpha value is -1.66. The van der Waals surface area contributed by atoms with Crippen LogP contribution in [0.1, 0.15) is 118 Å². The molecule has 0 amide bonds. The van der Waals surface area contributed by atoms with E-state index < -0.39 is 0 Å². The highest BCUT2D eigenvalue weighted by Crippen LogP contribution is 2.81. The fourth-order valence-corrected chi connectivity index (χ4v) is 16.3. The van der Waals surface area contributed by atoms with Gasteiger partial charge in [0.05, 0.1) is 11.4 Å². The molecule has 8 fully saturated rings. The van der Waals surface area contributed by atoms with Crippen LogP contribution < -0.4 is 0 Å². The molecule has 0 aromatic heterocycles. The maximum atomic E-state index is 10.1. The Balaban J connectivity index is 0.000000131. The smallest absolute Gasteiger partial charge is 0.0795 e. The predicted molar refractivity (Wildman–Crippen MR) is 188 cm³/mol. The zero-order chi connectivity index (χ0) is 33.4. The first-order valence-electron chi connectivity index (χ1n) is 20.1. The number of hydrogen-bond donors (Lipinski definition) is 4. The summed E-state index contributed by atoms with van der Waals surface area (Å²) >= 11 is 0. The summed E-state index contributed by atoms with van der Waals surface area (Å²) in [4.78, 5) is 0. The Morgan fingerprint density at radius 3 is 1.46 bits per heavy atom. The first-order chi connectivity index (χ1) is 23.1. The minimum absolute atomic E-state index is 0.280. The van der Waals surface area contributed by atoms with Crippen molar-refractivity contribution in [1.82, 2.24) is 0 Å². The van der Waals surface area contributed by atoms with E-state index in [1.165, 1.54) is 77.0 Å². The molecule has 0 unspecified atom stereocenters. The quantitative estimate of drug-likeness (QED) is 0.176. The van der Waals surface area contributed by atoms with Crippen molar-refractivity contribution in [1.29, 1.82) is 0 Å². The van der Waals surface area contributed by atoms with Gasteiger partial charge in [0, 0.05) is 24.0 Å². The molecular formula is C42H62N2O4. The third-order valence-corrected chi connectivity index (χ3v) is 18.7. The normalized spacial score (nSPS) is 56.8. The van der Waals surface area contributed by atoms with Gasteiger partial charge in [-0.05, 0) is 184 Å². The van der Waals surface area contributed by atoms with Gasteiger partial charge in [-0.2, -0.15) is 0 Å². The van der Waals surface area contributed by atoms with E-state index in [1.54, 1.807) is 11.1 Å².